The Bertz CT molecular complexity index is 889. The zero-order valence-electron chi connectivity index (χ0n) is 25.3. The fourth-order valence-electron chi connectivity index (χ4n) is 4.48. The normalized spacial score (nSPS) is 12.6. The molecule has 222 valence electrons. The summed E-state index contributed by atoms with van der Waals surface area (Å²) >= 11 is 0. The molecule has 0 unspecified atom stereocenters. The van der Waals surface area contributed by atoms with Gasteiger partial charge in [-0.15, -0.1) is 0 Å². The van der Waals surface area contributed by atoms with Crippen molar-refractivity contribution in [2.24, 2.45) is 11.8 Å². The molecule has 0 saturated heterocycles. The number of ether oxygens (including phenoxy) is 4. The molecule has 0 fully saturated rings. The Hall–Kier alpha value is -3.02. The van der Waals surface area contributed by atoms with Crippen LogP contribution in [-0.4, -0.2) is 38.4 Å². The molecule has 6 heteroatoms. The predicted octanol–water partition coefficient (Wildman–Crippen LogP) is 8.12. The van der Waals surface area contributed by atoms with Gasteiger partial charge in [-0.1, -0.05) is 97.4 Å². The van der Waals surface area contributed by atoms with Gasteiger partial charge in [-0.3, -0.25) is 0 Å². The number of esters is 2. The molecular weight excluding hydrogens is 504 g/mol. The van der Waals surface area contributed by atoms with E-state index in [0.717, 1.165) is 62.5 Å². The molecule has 2 aromatic carbocycles. The monoisotopic (exact) mass is 554 g/mol. The molecule has 0 spiro atoms. The van der Waals surface area contributed by atoms with Crippen molar-refractivity contribution in [3.05, 3.63) is 59.7 Å². The van der Waals surface area contributed by atoms with E-state index in [9.17, 15) is 9.59 Å². The molecule has 0 aliphatic rings. The van der Waals surface area contributed by atoms with Gasteiger partial charge in [-0.05, 0) is 60.1 Å². The number of rotatable bonds is 20. The third-order valence-electron chi connectivity index (χ3n) is 7.52. The van der Waals surface area contributed by atoms with Gasteiger partial charge in [-0.2, -0.15) is 0 Å². The van der Waals surface area contributed by atoms with Gasteiger partial charge in [0.15, 0.2) is 13.2 Å². The second-order valence-electron chi connectivity index (χ2n) is 10.6. The highest BCUT2D eigenvalue weighted by Crippen LogP contribution is 2.27. The summed E-state index contributed by atoms with van der Waals surface area (Å²) in [6.07, 6.45) is 8.81. The molecular formula is C34H50O6. The topological polar surface area (TPSA) is 71.1 Å². The molecule has 0 heterocycles. The Kier molecular flexibility index (Phi) is 15.9. The quantitative estimate of drug-likeness (QED) is 0.154. The first-order valence-electron chi connectivity index (χ1n) is 15.2. The Morgan fingerprint density at radius 3 is 1.32 bits per heavy atom. The Morgan fingerprint density at radius 2 is 1.00 bits per heavy atom. The SMILES string of the molecule is CCCC[C@H](CC)COC(=O)COc1ccc(C(C)c2ccc(OCC(=O)OC[C@@H](CC)CCCC)cc2)cc1. The van der Waals surface area contributed by atoms with E-state index in [4.69, 9.17) is 18.9 Å². The van der Waals surface area contributed by atoms with E-state index in [1.54, 1.807) is 0 Å². The zero-order chi connectivity index (χ0) is 29.2. The van der Waals surface area contributed by atoms with E-state index < -0.39 is 0 Å². The number of hydrogen-bond acceptors (Lipinski definition) is 6. The molecule has 0 aliphatic carbocycles. The summed E-state index contributed by atoms with van der Waals surface area (Å²) in [5, 5.41) is 0. The van der Waals surface area contributed by atoms with Crippen LogP contribution in [-0.2, 0) is 19.1 Å². The van der Waals surface area contributed by atoms with Gasteiger partial charge in [0, 0.05) is 5.92 Å². The molecule has 6 nitrogen and oxygen atoms in total. The fourth-order valence-corrected chi connectivity index (χ4v) is 4.48. The second kappa shape index (κ2) is 19.1. The summed E-state index contributed by atoms with van der Waals surface area (Å²) in [6, 6.07) is 15.5. The number of carbonyl (C=O) groups excluding carboxylic acids is 2. The number of benzene rings is 2. The summed E-state index contributed by atoms with van der Waals surface area (Å²) in [5.41, 5.74) is 2.25. The molecule has 0 saturated carbocycles. The van der Waals surface area contributed by atoms with Crippen molar-refractivity contribution in [3.8, 4) is 11.5 Å². The third kappa shape index (κ3) is 12.4. The summed E-state index contributed by atoms with van der Waals surface area (Å²) in [5.74, 6) is 1.59. The van der Waals surface area contributed by atoms with Crippen LogP contribution in [0.4, 0.5) is 0 Å². The van der Waals surface area contributed by atoms with Crippen LogP contribution in [0, 0.1) is 11.8 Å². The lowest BCUT2D eigenvalue weighted by atomic mass is 9.93. The first kappa shape index (κ1) is 33.2. The Labute approximate surface area is 241 Å². The summed E-state index contributed by atoms with van der Waals surface area (Å²) in [6.45, 7) is 11.5. The second-order valence-corrected chi connectivity index (χ2v) is 10.6. The van der Waals surface area contributed by atoms with Gasteiger partial charge >= 0.3 is 11.9 Å². The smallest absolute Gasteiger partial charge is 0.344 e. The maximum absolute atomic E-state index is 12.1. The summed E-state index contributed by atoms with van der Waals surface area (Å²) in [7, 11) is 0. The fraction of sp³-hybridized carbons (Fsp3) is 0.588. The van der Waals surface area contributed by atoms with E-state index in [2.05, 4.69) is 34.6 Å². The zero-order valence-corrected chi connectivity index (χ0v) is 25.3. The third-order valence-corrected chi connectivity index (χ3v) is 7.52. The van der Waals surface area contributed by atoms with Crippen LogP contribution in [0.3, 0.4) is 0 Å². The van der Waals surface area contributed by atoms with Crippen molar-refractivity contribution in [2.45, 2.75) is 91.9 Å². The van der Waals surface area contributed by atoms with E-state index in [1.807, 2.05) is 48.5 Å². The first-order chi connectivity index (χ1) is 19.4. The predicted molar refractivity (Wildman–Crippen MR) is 160 cm³/mol. The number of unbranched alkanes of at least 4 members (excludes halogenated alkanes) is 2. The van der Waals surface area contributed by atoms with Crippen molar-refractivity contribution in [3.63, 3.8) is 0 Å². The Morgan fingerprint density at radius 1 is 0.625 bits per heavy atom. The van der Waals surface area contributed by atoms with Crippen LogP contribution in [0.5, 0.6) is 11.5 Å². The average Bonchev–Trinajstić information content (AvgIpc) is 2.99. The van der Waals surface area contributed by atoms with Gasteiger partial charge in [0.1, 0.15) is 11.5 Å². The maximum Gasteiger partial charge on any atom is 0.344 e. The highest BCUT2D eigenvalue weighted by atomic mass is 16.6. The minimum Gasteiger partial charge on any atom is -0.482 e. The molecule has 0 radical (unpaired) electrons. The highest BCUT2D eigenvalue weighted by Gasteiger charge is 2.13. The van der Waals surface area contributed by atoms with Gasteiger partial charge in [-0.25, -0.2) is 9.59 Å². The minimum absolute atomic E-state index is 0.0911. The maximum atomic E-state index is 12.1. The van der Waals surface area contributed by atoms with Gasteiger partial charge < -0.3 is 18.9 Å². The van der Waals surface area contributed by atoms with Gasteiger partial charge in [0.05, 0.1) is 13.2 Å². The molecule has 2 atom stereocenters. The summed E-state index contributed by atoms with van der Waals surface area (Å²) < 4.78 is 22.1. The van der Waals surface area contributed by atoms with Crippen molar-refractivity contribution >= 4 is 11.9 Å². The molecule has 40 heavy (non-hydrogen) atoms. The van der Waals surface area contributed by atoms with Crippen LogP contribution < -0.4 is 9.47 Å². The van der Waals surface area contributed by atoms with Crippen LogP contribution >= 0.6 is 0 Å². The van der Waals surface area contributed by atoms with Crippen LogP contribution in [0.15, 0.2) is 48.5 Å². The molecule has 2 aromatic rings. The van der Waals surface area contributed by atoms with Crippen LogP contribution in [0.1, 0.15) is 103 Å². The lowest BCUT2D eigenvalue weighted by Crippen LogP contribution is -2.19. The van der Waals surface area contributed by atoms with Crippen LogP contribution in [0.2, 0.25) is 0 Å². The lowest BCUT2D eigenvalue weighted by molar-refractivity contribution is -0.148. The number of hydrogen-bond donors (Lipinski definition) is 0. The van der Waals surface area contributed by atoms with E-state index in [-0.39, 0.29) is 31.1 Å². The number of carbonyl (C=O) groups is 2. The molecule has 0 N–H and O–H groups in total. The minimum atomic E-state index is -0.333. The van der Waals surface area contributed by atoms with Crippen molar-refractivity contribution in [1.29, 1.82) is 0 Å². The van der Waals surface area contributed by atoms with E-state index >= 15 is 0 Å². The Balaban J connectivity index is 1.76. The van der Waals surface area contributed by atoms with Gasteiger partial charge in [0.2, 0.25) is 0 Å². The van der Waals surface area contributed by atoms with E-state index in [1.165, 1.54) is 0 Å². The molecule has 0 aromatic heterocycles. The largest absolute Gasteiger partial charge is 0.482 e. The molecule has 0 aliphatic heterocycles. The lowest BCUT2D eigenvalue weighted by Gasteiger charge is -2.16. The average molecular weight is 555 g/mol. The van der Waals surface area contributed by atoms with E-state index in [0.29, 0.717) is 36.5 Å². The highest BCUT2D eigenvalue weighted by molar-refractivity contribution is 5.71. The van der Waals surface area contributed by atoms with Crippen molar-refractivity contribution < 1.29 is 28.5 Å². The van der Waals surface area contributed by atoms with Crippen molar-refractivity contribution in [1.82, 2.24) is 0 Å². The standard InChI is InChI=1S/C34H50O6/c1-6-10-12-27(8-3)22-39-33(35)24-37-31-18-14-29(15-19-31)26(5)30-16-20-32(21-17-30)38-25-34(36)40-23-28(9-4)13-11-7-2/h14-21,26-28H,6-13,22-25H2,1-5H3/t27-,28-/m0/s1. The first-order valence-corrected chi connectivity index (χ1v) is 15.2. The van der Waals surface area contributed by atoms with Gasteiger partial charge in [0.25, 0.3) is 0 Å². The summed E-state index contributed by atoms with van der Waals surface area (Å²) in [4.78, 5) is 24.2. The molecule has 0 bridgehead atoms. The molecule has 0 amide bonds. The van der Waals surface area contributed by atoms with Crippen LogP contribution in [0.25, 0.3) is 0 Å². The molecule has 2 rings (SSSR count). The van der Waals surface area contributed by atoms with Crippen molar-refractivity contribution in [2.75, 3.05) is 26.4 Å².